The summed E-state index contributed by atoms with van der Waals surface area (Å²) in [6.07, 6.45) is 0. The summed E-state index contributed by atoms with van der Waals surface area (Å²) in [5.74, 6) is -0.611. The van der Waals surface area contributed by atoms with Crippen molar-refractivity contribution < 1.29 is 14.4 Å². The number of nitrogens with one attached hydrogen (secondary N) is 1. The average Bonchev–Trinajstić information content (AvgIpc) is 3.29. The van der Waals surface area contributed by atoms with Crippen molar-refractivity contribution in [2.24, 2.45) is 0 Å². The molecule has 34 heavy (non-hydrogen) atoms. The highest BCUT2D eigenvalue weighted by molar-refractivity contribution is 8.02. The molecule has 1 fully saturated rings. The molecule has 0 bridgehead atoms. The Morgan fingerprint density at radius 1 is 1.06 bits per heavy atom. The standard InChI is InChI=1S/C26H22ClN3O3S/c1-17-9-11-18(12-10-17)14-28-23(31)15-29-22-8-3-2-7-21(22)26(25(29)33)30(24(32)16-34-26)20-6-4-5-19(27)13-20/h2-13H,14-16H2,1H3,(H,28,31)/t26-/m1/s1. The Bertz CT molecular complexity index is 1300. The summed E-state index contributed by atoms with van der Waals surface area (Å²) < 4.78 is 0. The molecule has 0 unspecified atom stereocenters. The van der Waals surface area contributed by atoms with E-state index >= 15 is 0 Å². The SMILES string of the molecule is Cc1ccc(CNC(=O)CN2C(=O)[C@]3(SCC(=O)N3c3cccc(Cl)c3)c3ccccc32)cc1. The van der Waals surface area contributed by atoms with Gasteiger partial charge in [0.2, 0.25) is 16.7 Å². The van der Waals surface area contributed by atoms with Crippen LogP contribution in [0.2, 0.25) is 5.02 Å². The van der Waals surface area contributed by atoms with Crippen molar-refractivity contribution in [1.82, 2.24) is 5.32 Å². The third-order valence-electron chi connectivity index (χ3n) is 6.04. The number of thioether (sulfide) groups is 1. The highest BCUT2D eigenvalue weighted by Gasteiger charge is 2.61. The second-order valence-corrected chi connectivity index (χ2v) is 9.92. The van der Waals surface area contributed by atoms with Gasteiger partial charge in [-0.2, -0.15) is 0 Å². The van der Waals surface area contributed by atoms with E-state index in [1.165, 1.54) is 21.6 Å². The number of hydrogen-bond donors (Lipinski definition) is 1. The summed E-state index contributed by atoms with van der Waals surface area (Å²) in [7, 11) is 0. The largest absolute Gasteiger partial charge is 0.350 e. The van der Waals surface area contributed by atoms with Crippen LogP contribution in [0.1, 0.15) is 16.7 Å². The molecule has 5 rings (SSSR count). The van der Waals surface area contributed by atoms with Crippen LogP contribution in [0.5, 0.6) is 0 Å². The van der Waals surface area contributed by atoms with Crippen molar-refractivity contribution in [3.8, 4) is 0 Å². The summed E-state index contributed by atoms with van der Waals surface area (Å²) in [6, 6.07) is 22.2. The van der Waals surface area contributed by atoms with E-state index in [0.29, 0.717) is 28.5 Å². The van der Waals surface area contributed by atoms with Crippen molar-refractivity contribution >= 4 is 52.5 Å². The second-order valence-electron chi connectivity index (χ2n) is 8.31. The van der Waals surface area contributed by atoms with Gasteiger partial charge in [-0.1, -0.05) is 65.7 Å². The van der Waals surface area contributed by atoms with Crippen molar-refractivity contribution in [2.45, 2.75) is 18.3 Å². The van der Waals surface area contributed by atoms with Gasteiger partial charge in [-0.15, -0.1) is 11.8 Å². The van der Waals surface area contributed by atoms with Crippen molar-refractivity contribution in [1.29, 1.82) is 0 Å². The van der Waals surface area contributed by atoms with E-state index in [-0.39, 0.29) is 30.0 Å². The van der Waals surface area contributed by atoms with Gasteiger partial charge in [-0.3, -0.25) is 24.2 Å². The minimum absolute atomic E-state index is 0.137. The summed E-state index contributed by atoms with van der Waals surface area (Å²) in [5.41, 5.74) is 4.01. The maximum Gasteiger partial charge on any atom is 0.269 e. The lowest BCUT2D eigenvalue weighted by Crippen LogP contribution is -2.51. The molecule has 172 valence electrons. The molecule has 2 aliphatic rings. The summed E-state index contributed by atoms with van der Waals surface area (Å²) in [4.78, 5) is 41.6. The number of fused-ring (bicyclic) bond motifs is 2. The van der Waals surface area contributed by atoms with E-state index in [2.05, 4.69) is 5.32 Å². The van der Waals surface area contributed by atoms with Crippen LogP contribution in [0.15, 0.2) is 72.8 Å². The molecule has 2 heterocycles. The predicted molar refractivity (Wildman–Crippen MR) is 135 cm³/mol. The predicted octanol–water partition coefficient (Wildman–Crippen LogP) is 4.24. The molecule has 3 aromatic carbocycles. The maximum absolute atomic E-state index is 13.9. The van der Waals surface area contributed by atoms with Gasteiger partial charge < -0.3 is 5.32 Å². The number of carbonyl (C=O) groups is 3. The molecular formula is C26H22ClN3O3S. The van der Waals surface area contributed by atoms with Gasteiger partial charge in [-0.25, -0.2) is 0 Å². The number of anilines is 2. The third-order valence-corrected chi connectivity index (χ3v) is 7.66. The zero-order valence-electron chi connectivity index (χ0n) is 18.5. The molecule has 1 spiro atoms. The Kier molecular flexibility index (Phi) is 5.83. The Morgan fingerprint density at radius 2 is 1.82 bits per heavy atom. The first kappa shape index (κ1) is 22.5. The van der Waals surface area contributed by atoms with E-state index in [1.807, 2.05) is 55.5 Å². The lowest BCUT2D eigenvalue weighted by Gasteiger charge is -2.33. The monoisotopic (exact) mass is 491 g/mol. The number of aryl methyl sites for hydroxylation is 1. The van der Waals surface area contributed by atoms with Gasteiger partial charge in [0.1, 0.15) is 6.54 Å². The van der Waals surface area contributed by atoms with Gasteiger partial charge in [0, 0.05) is 22.8 Å². The highest BCUT2D eigenvalue weighted by Crippen LogP contribution is 2.55. The molecule has 0 radical (unpaired) electrons. The molecule has 1 atom stereocenters. The number of hydrogen-bond acceptors (Lipinski definition) is 4. The minimum Gasteiger partial charge on any atom is -0.350 e. The topological polar surface area (TPSA) is 69.7 Å². The summed E-state index contributed by atoms with van der Waals surface area (Å²) >= 11 is 7.47. The Balaban J connectivity index is 1.45. The van der Waals surface area contributed by atoms with E-state index in [1.54, 1.807) is 24.3 Å². The van der Waals surface area contributed by atoms with Crippen molar-refractivity contribution in [2.75, 3.05) is 22.1 Å². The van der Waals surface area contributed by atoms with Gasteiger partial charge in [0.15, 0.2) is 0 Å². The van der Waals surface area contributed by atoms with Crippen LogP contribution in [0.3, 0.4) is 0 Å². The van der Waals surface area contributed by atoms with Gasteiger partial charge in [0.25, 0.3) is 5.91 Å². The van der Waals surface area contributed by atoms with E-state index in [4.69, 9.17) is 11.6 Å². The highest BCUT2D eigenvalue weighted by atomic mass is 35.5. The van der Waals surface area contributed by atoms with E-state index in [0.717, 1.165) is 11.1 Å². The fourth-order valence-electron chi connectivity index (χ4n) is 4.43. The van der Waals surface area contributed by atoms with E-state index < -0.39 is 4.87 Å². The smallest absolute Gasteiger partial charge is 0.269 e. The molecule has 3 aromatic rings. The van der Waals surface area contributed by atoms with Crippen LogP contribution in [0.4, 0.5) is 11.4 Å². The number of halogens is 1. The number of amides is 3. The second kappa shape index (κ2) is 8.81. The van der Waals surface area contributed by atoms with Gasteiger partial charge >= 0.3 is 0 Å². The molecule has 1 N–H and O–H groups in total. The minimum atomic E-state index is -1.27. The Hall–Kier alpha value is -3.29. The van der Waals surface area contributed by atoms with Crippen molar-refractivity contribution in [3.63, 3.8) is 0 Å². The Morgan fingerprint density at radius 3 is 2.59 bits per heavy atom. The van der Waals surface area contributed by atoms with Crippen LogP contribution < -0.4 is 15.1 Å². The van der Waals surface area contributed by atoms with E-state index in [9.17, 15) is 14.4 Å². The molecule has 0 saturated carbocycles. The summed E-state index contributed by atoms with van der Waals surface area (Å²) in [5, 5.41) is 3.37. The van der Waals surface area contributed by atoms with Crippen LogP contribution in [0, 0.1) is 6.92 Å². The zero-order chi connectivity index (χ0) is 23.9. The quantitative estimate of drug-likeness (QED) is 0.579. The molecule has 1 saturated heterocycles. The fourth-order valence-corrected chi connectivity index (χ4v) is 5.98. The number of para-hydroxylation sites is 1. The number of benzene rings is 3. The molecule has 0 aromatic heterocycles. The van der Waals surface area contributed by atoms with Crippen LogP contribution >= 0.6 is 23.4 Å². The average molecular weight is 492 g/mol. The molecule has 3 amide bonds. The zero-order valence-corrected chi connectivity index (χ0v) is 20.0. The fraction of sp³-hybridized carbons (Fsp3) is 0.192. The third kappa shape index (κ3) is 3.75. The van der Waals surface area contributed by atoms with Gasteiger partial charge in [0.05, 0.1) is 11.4 Å². The lowest BCUT2D eigenvalue weighted by atomic mass is 10.0. The van der Waals surface area contributed by atoms with Crippen LogP contribution in [-0.4, -0.2) is 30.0 Å². The molecule has 2 aliphatic heterocycles. The Labute approximate surface area is 206 Å². The maximum atomic E-state index is 13.9. The van der Waals surface area contributed by atoms with Crippen molar-refractivity contribution in [3.05, 3.63) is 94.5 Å². The van der Waals surface area contributed by atoms with Crippen LogP contribution in [0.25, 0.3) is 0 Å². The first-order valence-corrected chi connectivity index (χ1v) is 12.2. The molecule has 8 heteroatoms. The molecular weight excluding hydrogens is 470 g/mol. The van der Waals surface area contributed by atoms with Crippen LogP contribution in [-0.2, 0) is 25.8 Å². The lowest BCUT2D eigenvalue weighted by molar-refractivity contribution is -0.125. The first-order valence-electron chi connectivity index (χ1n) is 10.9. The normalized spacial score (nSPS) is 19.1. The number of carbonyl (C=O) groups excluding carboxylic acids is 3. The van der Waals surface area contributed by atoms with Gasteiger partial charge in [-0.05, 0) is 36.8 Å². The molecule has 6 nitrogen and oxygen atoms in total. The summed E-state index contributed by atoms with van der Waals surface area (Å²) in [6.45, 7) is 2.24. The molecule has 0 aliphatic carbocycles. The number of rotatable bonds is 5. The first-order chi connectivity index (χ1) is 16.4. The number of nitrogens with zero attached hydrogens (tertiary/aromatic N) is 2.